The van der Waals surface area contributed by atoms with Crippen molar-refractivity contribution in [1.29, 1.82) is 0 Å². The first-order valence-corrected chi connectivity index (χ1v) is 10.0. The molecular weight excluding hydrogens is 380 g/mol. The predicted molar refractivity (Wildman–Crippen MR) is 106 cm³/mol. The minimum atomic E-state index is -1.49. The van der Waals surface area contributed by atoms with E-state index in [1.807, 2.05) is 0 Å². The van der Waals surface area contributed by atoms with Gasteiger partial charge in [0.2, 0.25) is 17.7 Å². The molecule has 6 N–H and O–H groups in total. The van der Waals surface area contributed by atoms with E-state index >= 15 is 0 Å². The van der Waals surface area contributed by atoms with Crippen LogP contribution >= 0.6 is 0 Å². The SMILES string of the molecule is CC(C)C(NC(=O)C1CCCN1)C(=O)NC(C(=O)NC(C(=O)O)C(C)O)C(C)C. The molecule has 0 aromatic heterocycles. The van der Waals surface area contributed by atoms with Crippen LogP contribution in [0.3, 0.4) is 0 Å². The molecule has 5 unspecified atom stereocenters. The van der Waals surface area contributed by atoms with Gasteiger partial charge in [-0.3, -0.25) is 14.4 Å². The van der Waals surface area contributed by atoms with E-state index in [9.17, 15) is 24.3 Å². The van der Waals surface area contributed by atoms with Crippen LogP contribution in [0.2, 0.25) is 0 Å². The van der Waals surface area contributed by atoms with Gasteiger partial charge in [0.1, 0.15) is 12.1 Å². The molecule has 0 saturated carbocycles. The fourth-order valence-electron chi connectivity index (χ4n) is 3.11. The smallest absolute Gasteiger partial charge is 0.328 e. The lowest BCUT2D eigenvalue weighted by Crippen LogP contribution is -2.60. The van der Waals surface area contributed by atoms with Gasteiger partial charge in [0.15, 0.2) is 6.04 Å². The summed E-state index contributed by atoms with van der Waals surface area (Å²) in [4.78, 5) is 49.0. The van der Waals surface area contributed by atoms with Crippen LogP contribution < -0.4 is 21.3 Å². The van der Waals surface area contributed by atoms with Crippen LogP contribution in [-0.4, -0.2) is 70.7 Å². The Morgan fingerprint density at radius 2 is 1.34 bits per heavy atom. The quantitative estimate of drug-likeness (QED) is 0.267. The number of aliphatic hydroxyl groups excluding tert-OH is 1. The minimum Gasteiger partial charge on any atom is -0.480 e. The predicted octanol–water partition coefficient (Wildman–Crippen LogP) is -1.03. The van der Waals surface area contributed by atoms with Crippen molar-refractivity contribution < 1.29 is 29.4 Å². The summed E-state index contributed by atoms with van der Waals surface area (Å²) < 4.78 is 0. The Kier molecular flexibility index (Phi) is 9.51. The Bertz CT molecular complexity index is 602. The zero-order valence-electron chi connectivity index (χ0n) is 17.7. The number of amides is 3. The van der Waals surface area contributed by atoms with Crippen molar-refractivity contribution in [1.82, 2.24) is 21.3 Å². The molecule has 10 nitrogen and oxygen atoms in total. The summed E-state index contributed by atoms with van der Waals surface area (Å²) in [6, 6.07) is -3.69. The van der Waals surface area contributed by atoms with Crippen LogP contribution in [0.15, 0.2) is 0 Å². The highest BCUT2D eigenvalue weighted by Crippen LogP contribution is 2.10. The fourth-order valence-corrected chi connectivity index (χ4v) is 3.11. The number of hydrogen-bond acceptors (Lipinski definition) is 6. The molecule has 0 radical (unpaired) electrons. The number of aliphatic hydroxyl groups is 1. The highest BCUT2D eigenvalue weighted by molar-refractivity contribution is 5.94. The molecule has 0 aliphatic carbocycles. The van der Waals surface area contributed by atoms with Crippen LogP contribution in [0.25, 0.3) is 0 Å². The van der Waals surface area contributed by atoms with E-state index < -0.39 is 42.0 Å². The molecule has 3 amide bonds. The molecule has 1 aliphatic rings. The van der Waals surface area contributed by atoms with Gasteiger partial charge >= 0.3 is 5.97 Å². The number of carbonyl (C=O) groups excluding carboxylic acids is 3. The molecule has 10 heteroatoms. The number of aliphatic carboxylic acids is 1. The van der Waals surface area contributed by atoms with Crippen LogP contribution in [0.5, 0.6) is 0 Å². The van der Waals surface area contributed by atoms with E-state index in [0.717, 1.165) is 13.0 Å². The molecule has 1 rings (SSSR count). The molecule has 0 spiro atoms. The summed E-state index contributed by atoms with van der Waals surface area (Å²) in [6.07, 6.45) is 0.285. The Morgan fingerprint density at radius 1 is 0.862 bits per heavy atom. The van der Waals surface area contributed by atoms with Gasteiger partial charge in [-0.05, 0) is 38.1 Å². The summed E-state index contributed by atoms with van der Waals surface area (Å²) in [5.74, 6) is -3.44. The maximum Gasteiger partial charge on any atom is 0.328 e. The Hall–Kier alpha value is -2.20. The van der Waals surface area contributed by atoms with Gasteiger partial charge in [-0.15, -0.1) is 0 Å². The standard InChI is InChI=1S/C19H34N4O6/c1-9(2)13(21-16(25)12-7-6-8-20-12)17(26)22-14(10(3)4)18(27)23-15(11(5)24)19(28)29/h9-15,20,24H,6-8H2,1-5H3,(H,21,25)(H,22,26)(H,23,27)(H,28,29). The number of carboxylic acid groups (broad SMARTS) is 1. The van der Waals surface area contributed by atoms with E-state index in [4.69, 9.17) is 5.11 Å². The van der Waals surface area contributed by atoms with Crippen LogP contribution in [0, 0.1) is 11.8 Å². The third kappa shape index (κ3) is 7.28. The first-order chi connectivity index (χ1) is 13.5. The third-order valence-corrected chi connectivity index (χ3v) is 4.92. The lowest BCUT2D eigenvalue weighted by atomic mass is 9.99. The highest BCUT2D eigenvalue weighted by atomic mass is 16.4. The minimum absolute atomic E-state index is 0.222. The molecule has 1 fully saturated rings. The van der Waals surface area contributed by atoms with E-state index in [1.54, 1.807) is 27.7 Å². The second kappa shape index (κ2) is 11.1. The largest absolute Gasteiger partial charge is 0.480 e. The maximum atomic E-state index is 12.8. The molecule has 5 atom stereocenters. The van der Waals surface area contributed by atoms with Crippen molar-refractivity contribution in [2.75, 3.05) is 6.54 Å². The molecule has 0 aromatic rings. The van der Waals surface area contributed by atoms with Gasteiger partial charge in [-0.25, -0.2) is 4.79 Å². The number of carboxylic acids is 1. The van der Waals surface area contributed by atoms with Crippen molar-refractivity contribution in [2.24, 2.45) is 11.8 Å². The molecule has 1 heterocycles. The zero-order chi connectivity index (χ0) is 22.3. The monoisotopic (exact) mass is 414 g/mol. The topological polar surface area (TPSA) is 157 Å². The van der Waals surface area contributed by atoms with Crippen molar-refractivity contribution in [3.8, 4) is 0 Å². The lowest BCUT2D eigenvalue weighted by Gasteiger charge is -2.29. The van der Waals surface area contributed by atoms with Gasteiger partial charge in [-0.2, -0.15) is 0 Å². The zero-order valence-corrected chi connectivity index (χ0v) is 17.7. The lowest BCUT2D eigenvalue weighted by molar-refractivity contribution is -0.145. The van der Waals surface area contributed by atoms with E-state index in [0.29, 0.717) is 6.42 Å². The van der Waals surface area contributed by atoms with Crippen molar-refractivity contribution in [3.05, 3.63) is 0 Å². The van der Waals surface area contributed by atoms with Crippen molar-refractivity contribution in [2.45, 2.75) is 77.7 Å². The van der Waals surface area contributed by atoms with Crippen LogP contribution in [0.4, 0.5) is 0 Å². The van der Waals surface area contributed by atoms with E-state index in [-0.39, 0.29) is 23.8 Å². The Morgan fingerprint density at radius 3 is 1.72 bits per heavy atom. The molecule has 166 valence electrons. The van der Waals surface area contributed by atoms with Gasteiger partial charge in [0.05, 0.1) is 12.1 Å². The van der Waals surface area contributed by atoms with Gasteiger partial charge < -0.3 is 31.5 Å². The fraction of sp³-hybridized carbons (Fsp3) is 0.789. The van der Waals surface area contributed by atoms with Gasteiger partial charge in [-0.1, -0.05) is 27.7 Å². The normalized spacial score (nSPS) is 20.6. The molecule has 1 saturated heterocycles. The molecule has 0 bridgehead atoms. The molecule has 0 aromatic carbocycles. The Balaban J connectivity index is 2.85. The first kappa shape index (κ1) is 24.8. The summed E-state index contributed by atoms with van der Waals surface area (Å²) in [5, 5.41) is 29.4. The number of nitrogens with one attached hydrogen (secondary N) is 4. The second-order valence-corrected chi connectivity index (χ2v) is 8.17. The maximum absolute atomic E-state index is 12.8. The average Bonchev–Trinajstić information content (AvgIpc) is 3.15. The van der Waals surface area contributed by atoms with E-state index in [2.05, 4.69) is 21.3 Å². The second-order valence-electron chi connectivity index (χ2n) is 8.17. The molecular formula is C19H34N4O6. The van der Waals surface area contributed by atoms with Gasteiger partial charge in [0.25, 0.3) is 0 Å². The van der Waals surface area contributed by atoms with Crippen molar-refractivity contribution in [3.63, 3.8) is 0 Å². The summed E-state index contributed by atoms with van der Waals surface area (Å²) in [7, 11) is 0. The van der Waals surface area contributed by atoms with Gasteiger partial charge in [0, 0.05) is 0 Å². The van der Waals surface area contributed by atoms with E-state index in [1.165, 1.54) is 6.92 Å². The third-order valence-electron chi connectivity index (χ3n) is 4.92. The highest BCUT2D eigenvalue weighted by Gasteiger charge is 2.34. The first-order valence-electron chi connectivity index (χ1n) is 10.0. The molecule has 29 heavy (non-hydrogen) atoms. The van der Waals surface area contributed by atoms with Crippen molar-refractivity contribution >= 4 is 23.7 Å². The van der Waals surface area contributed by atoms with Crippen LogP contribution in [0.1, 0.15) is 47.5 Å². The summed E-state index contributed by atoms with van der Waals surface area (Å²) >= 11 is 0. The van der Waals surface area contributed by atoms with Crippen LogP contribution in [-0.2, 0) is 19.2 Å². The summed E-state index contributed by atoms with van der Waals surface area (Å²) in [6.45, 7) is 8.97. The number of hydrogen-bond donors (Lipinski definition) is 6. The molecule has 1 aliphatic heterocycles. The Labute approximate surface area is 171 Å². The summed E-state index contributed by atoms with van der Waals surface area (Å²) in [5.41, 5.74) is 0. The average molecular weight is 415 g/mol. The number of rotatable bonds is 10. The number of carbonyl (C=O) groups is 4.